The van der Waals surface area contributed by atoms with Crippen LogP contribution in [0.5, 0.6) is 0 Å². The van der Waals surface area contributed by atoms with Crippen molar-refractivity contribution in [2.24, 2.45) is 0 Å². The van der Waals surface area contributed by atoms with Gasteiger partial charge in [-0.25, -0.2) is 0 Å². The van der Waals surface area contributed by atoms with Crippen molar-refractivity contribution in [3.8, 4) is 0 Å². The molecule has 0 aromatic heterocycles. The zero-order chi connectivity index (χ0) is 15.6. The molecule has 0 bridgehead atoms. The molecule has 1 saturated heterocycles. The molecule has 0 spiro atoms. The Labute approximate surface area is 136 Å². The van der Waals surface area contributed by atoms with Crippen molar-refractivity contribution in [2.45, 2.75) is 18.9 Å². The predicted octanol–water partition coefficient (Wildman–Crippen LogP) is 3.13. The Hall–Kier alpha value is -1.01. The van der Waals surface area contributed by atoms with Crippen LogP contribution in [0.15, 0.2) is 12.1 Å². The van der Waals surface area contributed by atoms with Gasteiger partial charge in [-0.3, -0.25) is 14.5 Å². The van der Waals surface area contributed by atoms with Gasteiger partial charge in [-0.1, -0.05) is 34.8 Å². The van der Waals surface area contributed by atoms with E-state index in [4.69, 9.17) is 39.9 Å². The second kappa shape index (κ2) is 6.83. The van der Waals surface area contributed by atoms with E-state index in [0.29, 0.717) is 18.0 Å². The molecule has 1 atom stereocenters. The van der Waals surface area contributed by atoms with Crippen molar-refractivity contribution in [1.82, 2.24) is 4.90 Å². The molecule has 1 aliphatic rings. The van der Waals surface area contributed by atoms with Crippen LogP contribution in [0, 0.1) is 0 Å². The summed E-state index contributed by atoms with van der Waals surface area (Å²) >= 11 is 17.8. The molecule has 1 aliphatic heterocycles. The lowest BCUT2D eigenvalue weighted by Crippen LogP contribution is -2.40. The summed E-state index contributed by atoms with van der Waals surface area (Å²) in [5.41, 5.74) is 0.277. The standard InChI is InChI=1S/C13H13Cl3N2O3/c14-7-4-8(15)12(9(16)5-7)17-11(19)6-18-3-1-2-10(18)13(20)21/h4-5,10H,1-3,6H2,(H,17,19)(H,20,21). The summed E-state index contributed by atoms with van der Waals surface area (Å²) < 4.78 is 0. The van der Waals surface area contributed by atoms with Crippen LogP contribution in [0.4, 0.5) is 5.69 Å². The number of benzene rings is 1. The first-order chi connectivity index (χ1) is 9.88. The molecule has 0 saturated carbocycles. The number of carboxylic acid groups (broad SMARTS) is 1. The van der Waals surface area contributed by atoms with Crippen molar-refractivity contribution in [3.63, 3.8) is 0 Å². The molecule has 0 aliphatic carbocycles. The zero-order valence-corrected chi connectivity index (χ0v) is 13.2. The maximum atomic E-state index is 12.0. The van der Waals surface area contributed by atoms with E-state index in [1.54, 1.807) is 4.90 Å². The number of carbonyl (C=O) groups is 2. The topological polar surface area (TPSA) is 69.6 Å². The molecule has 5 nitrogen and oxygen atoms in total. The van der Waals surface area contributed by atoms with Gasteiger partial charge in [-0.05, 0) is 31.5 Å². The lowest BCUT2D eigenvalue weighted by molar-refractivity contribution is -0.142. The van der Waals surface area contributed by atoms with Crippen LogP contribution in [0.3, 0.4) is 0 Å². The zero-order valence-electron chi connectivity index (χ0n) is 10.9. The van der Waals surface area contributed by atoms with E-state index in [1.807, 2.05) is 0 Å². The van der Waals surface area contributed by atoms with Gasteiger partial charge in [-0.2, -0.15) is 0 Å². The van der Waals surface area contributed by atoms with Crippen molar-refractivity contribution in [1.29, 1.82) is 0 Å². The fourth-order valence-corrected chi connectivity index (χ4v) is 3.23. The Morgan fingerprint density at radius 3 is 2.48 bits per heavy atom. The molecule has 1 heterocycles. The second-order valence-electron chi connectivity index (χ2n) is 4.76. The summed E-state index contributed by atoms with van der Waals surface area (Å²) in [6.07, 6.45) is 1.30. The second-order valence-corrected chi connectivity index (χ2v) is 6.01. The quantitative estimate of drug-likeness (QED) is 0.874. The fourth-order valence-electron chi connectivity index (χ4n) is 2.32. The van der Waals surface area contributed by atoms with Crippen LogP contribution in [0.2, 0.25) is 15.1 Å². The summed E-state index contributed by atoms with van der Waals surface area (Å²) in [4.78, 5) is 24.7. The lowest BCUT2D eigenvalue weighted by Gasteiger charge is -2.20. The third-order valence-corrected chi connectivity index (χ3v) is 4.08. The van der Waals surface area contributed by atoms with Gasteiger partial charge in [0, 0.05) is 5.02 Å². The maximum absolute atomic E-state index is 12.0. The minimum absolute atomic E-state index is 0.0216. The first kappa shape index (κ1) is 16.4. The first-order valence-electron chi connectivity index (χ1n) is 6.29. The number of carbonyl (C=O) groups excluding carboxylic acids is 1. The minimum Gasteiger partial charge on any atom is -0.480 e. The number of nitrogens with zero attached hydrogens (tertiary/aromatic N) is 1. The van der Waals surface area contributed by atoms with E-state index in [9.17, 15) is 9.59 Å². The highest BCUT2D eigenvalue weighted by Gasteiger charge is 2.31. The van der Waals surface area contributed by atoms with Crippen molar-refractivity contribution in [3.05, 3.63) is 27.2 Å². The molecule has 114 valence electrons. The number of hydrogen-bond donors (Lipinski definition) is 2. The largest absolute Gasteiger partial charge is 0.480 e. The average Bonchev–Trinajstić information content (AvgIpc) is 2.82. The highest BCUT2D eigenvalue weighted by atomic mass is 35.5. The van der Waals surface area contributed by atoms with Gasteiger partial charge in [0.15, 0.2) is 0 Å². The van der Waals surface area contributed by atoms with E-state index in [2.05, 4.69) is 5.32 Å². The molecule has 1 aromatic rings. The van der Waals surface area contributed by atoms with Gasteiger partial charge >= 0.3 is 5.97 Å². The molecule has 0 radical (unpaired) electrons. The van der Waals surface area contributed by atoms with Gasteiger partial charge in [0.2, 0.25) is 5.91 Å². The molecular weight excluding hydrogens is 339 g/mol. The molecule has 8 heteroatoms. The van der Waals surface area contributed by atoms with Crippen LogP contribution in [0.1, 0.15) is 12.8 Å². The number of halogens is 3. The van der Waals surface area contributed by atoms with Crippen LogP contribution in [0.25, 0.3) is 0 Å². The molecule has 1 aromatic carbocycles. The van der Waals surface area contributed by atoms with Crippen LogP contribution in [-0.4, -0.2) is 41.0 Å². The molecule has 1 fully saturated rings. The summed E-state index contributed by atoms with van der Waals surface area (Å²) in [6.45, 7) is 0.554. The molecule has 1 amide bonds. The average molecular weight is 352 g/mol. The Morgan fingerprint density at radius 1 is 1.29 bits per heavy atom. The number of hydrogen-bond acceptors (Lipinski definition) is 3. The van der Waals surface area contributed by atoms with E-state index in [1.165, 1.54) is 12.1 Å². The number of likely N-dealkylation sites (tertiary alicyclic amines) is 1. The number of carboxylic acids is 1. The van der Waals surface area contributed by atoms with Gasteiger partial charge < -0.3 is 10.4 Å². The highest BCUT2D eigenvalue weighted by Crippen LogP contribution is 2.33. The van der Waals surface area contributed by atoms with Crippen LogP contribution >= 0.6 is 34.8 Å². The molecular formula is C13H13Cl3N2O3. The summed E-state index contributed by atoms with van der Waals surface area (Å²) in [5.74, 6) is -1.28. The van der Waals surface area contributed by atoms with Gasteiger partial charge in [0.25, 0.3) is 0 Å². The normalized spacial score (nSPS) is 18.7. The summed E-state index contributed by atoms with van der Waals surface area (Å²) in [5, 5.41) is 12.5. The van der Waals surface area contributed by atoms with Gasteiger partial charge in [-0.15, -0.1) is 0 Å². The van der Waals surface area contributed by atoms with E-state index < -0.39 is 12.0 Å². The van der Waals surface area contributed by atoms with Crippen LogP contribution in [-0.2, 0) is 9.59 Å². The Morgan fingerprint density at radius 2 is 1.90 bits per heavy atom. The predicted molar refractivity (Wildman–Crippen MR) is 82.3 cm³/mol. The molecule has 2 rings (SSSR count). The summed E-state index contributed by atoms with van der Waals surface area (Å²) in [6, 6.07) is 2.33. The number of aliphatic carboxylic acids is 1. The van der Waals surface area contributed by atoms with Crippen LogP contribution < -0.4 is 5.32 Å². The molecule has 1 unspecified atom stereocenters. The smallest absolute Gasteiger partial charge is 0.320 e. The van der Waals surface area contributed by atoms with E-state index >= 15 is 0 Å². The van der Waals surface area contributed by atoms with Crippen molar-refractivity contribution >= 4 is 52.4 Å². The lowest BCUT2D eigenvalue weighted by atomic mass is 10.2. The van der Waals surface area contributed by atoms with E-state index in [0.717, 1.165) is 6.42 Å². The first-order valence-corrected chi connectivity index (χ1v) is 7.43. The van der Waals surface area contributed by atoms with Crippen molar-refractivity contribution in [2.75, 3.05) is 18.4 Å². The third kappa shape index (κ3) is 4.01. The number of amides is 1. The highest BCUT2D eigenvalue weighted by molar-refractivity contribution is 6.42. The van der Waals surface area contributed by atoms with E-state index in [-0.39, 0.29) is 28.2 Å². The van der Waals surface area contributed by atoms with Gasteiger partial charge in [0.1, 0.15) is 6.04 Å². The number of anilines is 1. The van der Waals surface area contributed by atoms with Gasteiger partial charge in [0.05, 0.1) is 22.3 Å². The SMILES string of the molecule is O=C(CN1CCCC1C(=O)O)Nc1c(Cl)cc(Cl)cc1Cl. The van der Waals surface area contributed by atoms with Crippen molar-refractivity contribution < 1.29 is 14.7 Å². The third-order valence-electron chi connectivity index (χ3n) is 3.27. The number of rotatable bonds is 4. The minimum atomic E-state index is -0.914. The Kier molecular flexibility index (Phi) is 5.32. The molecule has 2 N–H and O–H groups in total. The Balaban J connectivity index is 2.04. The maximum Gasteiger partial charge on any atom is 0.320 e. The fraction of sp³-hybridized carbons (Fsp3) is 0.385. The monoisotopic (exact) mass is 350 g/mol. The Bertz CT molecular complexity index is 557. The summed E-state index contributed by atoms with van der Waals surface area (Å²) in [7, 11) is 0. The molecule has 21 heavy (non-hydrogen) atoms. The number of nitrogens with one attached hydrogen (secondary N) is 1.